The van der Waals surface area contributed by atoms with Crippen LogP contribution in [-0.2, 0) is 0 Å². The summed E-state index contributed by atoms with van der Waals surface area (Å²) < 4.78 is 28.3. The number of benzene rings is 2. The zero-order chi connectivity index (χ0) is 14.8. The molecule has 0 atom stereocenters. The van der Waals surface area contributed by atoms with Crippen molar-refractivity contribution in [1.82, 2.24) is 9.78 Å². The predicted molar refractivity (Wildman–Crippen MR) is 73.4 cm³/mol. The van der Waals surface area contributed by atoms with Crippen LogP contribution in [0.5, 0.6) is 0 Å². The highest BCUT2D eigenvalue weighted by atomic mass is 19.1. The highest BCUT2D eigenvalue weighted by Gasteiger charge is 2.17. The van der Waals surface area contributed by atoms with Crippen LogP contribution in [0.15, 0.2) is 60.8 Å². The van der Waals surface area contributed by atoms with Gasteiger partial charge in [0.05, 0.1) is 11.3 Å². The van der Waals surface area contributed by atoms with E-state index in [0.717, 1.165) is 23.9 Å². The third-order valence-corrected chi connectivity index (χ3v) is 3.02. The standard InChI is InChI=1S/C16H10F2N2O/c17-11-6-7-14(18)13(10-11)16(21)15-8-9-20(19-15)12-4-2-1-3-5-12/h1-10H. The molecule has 1 aromatic heterocycles. The van der Waals surface area contributed by atoms with Crippen molar-refractivity contribution in [1.29, 1.82) is 0 Å². The summed E-state index contributed by atoms with van der Waals surface area (Å²) in [6.45, 7) is 0. The zero-order valence-electron chi connectivity index (χ0n) is 10.8. The maximum atomic E-state index is 13.6. The van der Waals surface area contributed by atoms with Crippen molar-refractivity contribution in [3.05, 3.63) is 83.7 Å². The van der Waals surface area contributed by atoms with Gasteiger partial charge in [-0.2, -0.15) is 5.10 Å². The van der Waals surface area contributed by atoms with Gasteiger partial charge in [0.15, 0.2) is 0 Å². The Morgan fingerprint density at radius 2 is 1.76 bits per heavy atom. The summed E-state index contributed by atoms with van der Waals surface area (Å²) in [5, 5.41) is 4.11. The van der Waals surface area contributed by atoms with E-state index < -0.39 is 17.4 Å². The first-order valence-corrected chi connectivity index (χ1v) is 6.26. The van der Waals surface area contributed by atoms with Gasteiger partial charge in [-0.15, -0.1) is 0 Å². The van der Waals surface area contributed by atoms with Crippen molar-refractivity contribution < 1.29 is 13.6 Å². The topological polar surface area (TPSA) is 34.9 Å². The molecule has 0 aliphatic rings. The van der Waals surface area contributed by atoms with Crippen LogP contribution in [0.25, 0.3) is 5.69 Å². The maximum absolute atomic E-state index is 13.6. The van der Waals surface area contributed by atoms with Gasteiger partial charge in [0.2, 0.25) is 5.78 Å². The summed E-state index contributed by atoms with van der Waals surface area (Å²) >= 11 is 0. The predicted octanol–water partition coefficient (Wildman–Crippen LogP) is 3.38. The van der Waals surface area contributed by atoms with E-state index in [2.05, 4.69) is 5.10 Å². The Morgan fingerprint density at radius 1 is 1.00 bits per heavy atom. The molecule has 0 saturated heterocycles. The van der Waals surface area contributed by atoms with Gasteiger partial charge in [-0.1, -0.05) is 18.2 Å². The monoisotopic (exact) mass is 284 g/mol. The van der Waals surface area contributed by atoms with E-state index in [9.17, 15) is 13.6 Å². The molecule has 1 heterocycles. The highest BCUT2D eigenvalue weighted by Crippen LogP contribution is 2.15. The number of aromatic nitrogens is 2. The van der Waals surface area contributed by atoms with Gasteiger partial charge in [0.25, 0.3) is 0 Å². The van der Waals surface area contributed by atoms with Crippen LogP contribution in [0.1, 0.15) is 16.1 Å². The first kappa shape index (κ1) is 13.2. The van der Waals surface area contributed by atoms with Gasteiger partial charge in [-0.3, -0.25) is 4.79 Å². The quantitative estimate of drug-likeness (QED) is 0.691. The molecule has 0 spiro atoms. The van der Waals surface area contributed by atoms with Crippen molar-refractivity contribution in [2.24, 2.45) is 0 Å². The molecule has 3 aromatic rings. The molecule has 21 heavy (non-hydrogen) atoms. The van der Waals surface area contributed by atoms with Gasteiger partial charge >= 0.3 is 0 Å². The van der Waals surface area contributed by atoms with E-state index in [-0.39, 0.29) is 11.3 Å². The van der Waals surface area contributed by atoms with Gasteiger partial charge in [0, 0.05) is 6.20 Å². The van der Waals surface area contributed by atoms with Gasteiger partial charge in [-0.05, 0) is 36.4 Å². The van der Waals surface area contributed by atoms with Crippen LogP contribution >= 0.6 is 0 Å². The number of carbonyl (C=O) groups is 1. The van der Waals surface area contributed by atoms with Crippen LogP contribution < -0.4 is 0 Å². The summed E-state index contributed by atoms with van der Waals surface area (Å²) in [6, 6.07) is 13.4. The molecular formula is C16H10F2N2O. The van der Waals surface area contributed by atoms with Crippen molar-refractivity contribution in [3.63, 3.8) is 0 Å². The molecule has 0 radical (unpaired) electrons. The van der Waals surface area contributed by atoms with E-state index in [1.807, 2.05) is 30.3 Å². The SMILES string of the molecule is O=C(c1ccn(-c2ccccc2)n1)c1cc(F)ccc1F. The Hall–Kier alpha value is -2.82. The number of nitrogens with zero attached hydrogens (tertiary/aromatic N) is 2. The van der Waals surface area contributed by atoms with Crippen molar-refractivity contribution in [3.8, 4) is 5.69 Å². The summed E-state index contributed by atoms with van der Waals surface area (Å²) in [4.78, 5) is 12.2. The summed E-state index contributed by atoms with van der Waals surface area (Å²) in [5.41, 5.74) is 0.507. The molecule has 3 nitrogen and oxygen atoms in total. The van der Waals surface area contributed by atoms with Crippen molar-refractivity contribution >= 4 is 5.78 Å². The van der Waals surface area contributed by atoms with E-state index >= 15 is 0 Å². The number of hydrogen-bond donors (Lipinski definition) is 0. The second kappa shape index (κ2) is 5.28. The number of para-hydroxylation sites is 1. The molecule has 0 saturated carbocycles. The molecule has 0 amide bonds. The molecule has 0 fully saturated rings. The van der Waals surface area contributed by atoms with Crippen LogP contribution in [0.2, 0.25) is 0 Å². The smallest absolute Gasteiger partial charge is 0.216 e. The molecule has 0 unspecified atom stereocenters. The van der Waals surface area contributed by atoms with E-state index in [1.54, 1.807) is 6.20 Å². The van der Waals surface area contributed by atoms with E-state index in [1.165, 1.54) is 10.7 Å². The fourth-order valence-electron chi connectivity index (χ4n) is 1.98. The lowest BCUT2D eigenvalue weighted by Gasteiger charge is -2.01. The molecule has 0 N–H and O–H groups in total. The highest BCUT2D eigenvalue weighted by molar-refractivity contribution is 6.07. The number of carbonyl (C=O) groups excluding carboxylic acids is 1. The van der Waals surface area contributed by atoms with Crippen LogP contribution in [0, 0.1) is 11.6 Å². The largest absolute Gasteiger partial charge is 0.287 e. The Balaban J connectivity index is 1.96. The Labute approximate surface area is 119 Å². The molecule has 2 aromatic carbocycles. The fraction of sp³-hybridized carbons (Fsp3) is 0. The van der Waals surface area contributed by atoms with Crippen LogP contribution in [-0.4, -0.2) is 15.6 Å². The zero-order valence-corrected chi connectivity index (χ0v) is 10.8. The first-order valence-electron chi connectivity index (χ1n) is 6.26. The second-order valence-corrected chi connectivity index (χ2v) is 4.43. The van der Waals surface area contributed by atoms with Gasteiger partial charge < -0.3 is 0 Å². The number of ketones is 1. The van der Waals surface area contributed by atoms with Gasteiger partial charge in [0.1, 0.15) is 17.3 Å². The van der Waals surface area contributed by atoms with Crippen molar-refractivity contribution in [2.75, 3.05) is 0 Å². The lowest BCUT2D eigenvalue weighted by Crippen LogP contribution is -2.07. The first-order chi connectivity index (χ1) is 10.1. The Bertz CT molecular complexity index is 797. The Kier molecular flexibility index (Phi) is 3.31. The molecule has 5 heteroatoms. The average molecular weight is 284 g/mol. The molecular weight excluding hydrogens is 274 g/mol. The number of halogens is 2. The number of rotatable bonds is 3. The lowest BCUT2D eigenvalue weighted by atomic mass is 10.1. The molecule has 3 rings (SSSR count). The van der Waals surface area contributed by atoms with Gasteiger partial charge in [-0.25, -0.2) is 13.5 Å². The summed E-state index contributed by atoms with van der Waals surface area (Å²) in [5.74, 6) is -2.08. The minimum absolute atomic E-state index is 0.0587. The summed E-state index contributed by atoms with van der Waals surface area (Å²) in [6.07, 6.45) is 1.60. The normalized spacial score (nSPS) is 10.6. The van der Waals surface area contributed by atoms with Crippen LogP contribution in [0.3, 0.4) is 0 Å². The van der Waals surface area contributed by atoms with Crippen molar-refractivity contribution in [2.45, 2.75) is 0 Å². The minimum atomic E-state index is -0.768. The van der Waals surface area contributed by atoms with E-state index in [4.69, 9.17) is 0 Å². The average Bonchev–Trinajstić information content (AvgIpc) is 3.00. The maximum Gasteiger partial charge on any atom is 0.216 e. The molecule has 0 aliphatic heterocycles. The molecule has 0 bridgehead atoms. The third kappa shape index (κ3) is 2.58. The lowest BCUT2D eigenvalue weighted by molar-refractivity contribution is 0.102. The molecule has 104 valence electrons. The second-order valence-electron chi connectivity index (χ2n) is 4.43. The number of hydrogen-bond acceptors (Lipinski definition) is 2. The molecule has 0 aliphatic carbocycles. The Morgan fingerprint density at radius 3 is 2.52 bits per heavy atom. The van der Waals surface area contributed by atoms with E-state index in [0.29, 0.717) is 0 Å². The minimum Gasteiger partial charge on any atom is -0.287 e. The van der Waals surface area contributed by atoms with Crippen LogP contribution in [0.4, 0.5) is 8.78 Å². The summed E-state index contributed by atoms with van der Waals surface area (Å²) in [7, 11) is 0. The fourth-order valence-corrected chi connectivity index (χ4v) is 1.98. The third-order valence-electron chi connectivity index (χ3n) is 3.02.